The molecule has 0 unspecified atom stereocenters. The van der Waals surface area contributed by atoms with Crippen molar-refractivity contribution in [1.82, 2.24) is 5.43 Å². The number of sulfonamides is 1. The van der Waals surface area contributed by atoms with Crippen LogP contribution >= 0.6 is 0 Å². The van der Waals surface area contributed by atoms with Crippen LogP contribution < -0.4 is 19.2 Å². The maximum atomic E-state index is 12.7. The molecule has 8 nitrogen and oxygen atoms in total. The minimum Gasteiger partial charge on any atom is -0.494 e. The molecular formula is C26H29N3O5S. The van der Waals surface area contributed by atoms with Gasteiger partial charge in [-0.05, 0) is 73.5 Å². The molecule has 0 radical (unpaired) electrons. The van der Waals surface area contributed by atoms with Crippen molar-refractivity contribution in [3.05, 3.63) is 90.0 Å². The van der Waals surface area contributed by atoms with Gasteiger partial charge in [0.2, 0.25) is 10.0 Å². The summed E-state index contributed by atoms with van der Waals surface area (Å²) in [6.07, 6.45) is 2.53. The zero-order valence-electron chi connectivity index (χ0n) is 19.9. The van der Waals surface area contributed by atoms with Gasteiger partial charge in [-0.1, -0.05) is 30.3 Å². The van der Waals surface area contributed by atoms with Crippen molar-refractivity contribution in [3.8, 4) is 11.5 Å². The second-order valence-electron chi connectivity index (χ2n) is 7.74. The lowest BCUT2D eigenvalue weighted by Crippen LogP contribution is -2.46. The van der Waals surface area contributed by atoms with E-state index in [1.807, 2.05) is 61.5 Å². The summed E-state index contributed by atoms with van der Waals surface area (Å²) in [5, 5.41) is 3.98. The third kappa shape index (κ3) is 7.58. The summed E-state index contributed by atoms with van der Waals surface area (Å²) in [4.78, 5) is 12.7. The molecule has 3 aromatic carbocycles. The molecule has 3 aromatic rings. The Hall–Kier alpha value is -3.85. The topological polar surface area (TPSA) is 97.3 Å². The molecule has 184 valence electrons. The van der Waals surface area contributed by atoms with Crippen LogP contribution in [0.15, 0.2) is 84.0 Å². The van der Waals surface area contributed by atoms with Gasteiger partial charge in [-0.25, -0.2) is 13.8 Å². The average molecular weight is 496 g/mol. The summed E-state index contributed by atoms with van der Waals surface area (Å²) < 4.78 is 37.0. The normalized spacial score (nSPS) is 12.2. The van der Waals surface area contributed by atoms with Gasteiger partial charge >= 0.3 is 0 Å². The number of nitrogens with zero attached hydrogens (tertiary/aromatic N) is 2. The van der Waals surface area contributed by atoms with Crippen LogP contribution in [0.5, 0.6) is 11.5 Å². The van der Waals surface area contributed by atoms with Crippen LogP contribution in [0.1, 0.15) is 25.0 Å². The lowest BCUT2D eigenvalue weighted by Gasteiger charge is -2.27. The van der Waals surface area contributed by atoms with Crippen molar-refractivity contribution in [1.29, 1.82) is 0 Å². The number of carbonyl (C=O) groups is 1. The largest absolute Gasteiger partial charge is 0.494 e. The lowest BCUT2D eigenvalue weighted by atomic mass is 10.2. The van der Waals surface area contributed by atoms with E-state index in [9.17, 15) is 13.2 Å². The van der Waals surface area contributed by atoms with Gasteiger partial charge in [0.05, 0.1) is 24.8 Å². The Morgan fingerprint density at radius 3 is 2.17 bits per heavy atom. The van der Waals surface area contributed by atoms with Crippen molar-refractivity contribution < 1.29 is 22.7 Å². The van der Waals surface area contributed by atoms with Crippen molar-refractivity contribution in [2.24, 2.45) is 5.10 Å². The molecule has 0 saturated carbocycles. The number of benzene rings is 3. The molecule has 0 aliphatic carbocycles. The Bertz CT molecular complexity index is 1230. The molecular weight excluding hydrogens is 466 g/mol. The molecule has 3 rings (SSSR count). The molecule has 1 N–H and O–H groups in total. The highest BCUT2D eigenvalue weighted by atomic mass is 32.2. The molecule has 0 bridgehead atoms. The smallest absolute Gasteiger partial charge is 0.263 e. The summed E-state index contributed by atoms with van der Waals surface area (Å²) in [6.45, 7) is 4.32. The standard InChI is InChI=1S/C26H29N3O5S/c1-4-33-24-16-12-23(13-17-24)29(35(3,31)32)20(2)26(30)28-27-18-21-10-14-25(15-11-21)34-19-22-8-6-5-7-9-22/h5-18,20H,4,19H2,1-3H3,(H,28,30)/b27-18-/t20-/m1/s1. The monoisotopic (exact) mass is 495 g/mol. The Balaban J connectivity index is 1.59. The molecule has 9 heteroatoms. The van der Waals surface area contributed by atoms with E-state index in [4.69, 9.17) is 9.47 Å². The third-order valence-corrected chi connectivity index (χ3v) is 6.25. The van der Waals surface area contributed by atoms with E-state index in [1.165, 1.54) is 13.1 Å². The Kier molecular flexibility index (Phi) is 8.86. The van der Waals surface area contributed by atoms with E-state index in [1.54, 1.807) is 24.3 Å². The molecule has 1 amide bonds. The summed E-state index contributed by atoms with van der Waals surface area (Å²) in [7, 11) is -3.73. The molecule has 1 atom stereocenters. The van der Waals surface area contributed by atoms with Crippen molar-refractivity contribution in [3.63, 3.8) is 0 Å². The van der Waals surface area contributed by atoms with E-state index in [-0.39, 0.29) is 0 Å². The highest BCUT2D eigenvalue weighted by molar-refractivity contribution is 7.92. The fraction of sp³-hybridized carbons (Fsp3) is 0.231. The number of amides is 1. The van der Waals surface area contributed by atoms with Crippen LogP contribution in [-0.4, -0.2) is 39.4 Å². The minimum absolute atomic E-state index is 0.355. The summed E-state index contributed by atoms with van der Waals surface area (Å²) in [5.74, 6) is 0.758. The first-order chi connectivity index (χ1) is 16.8. The van der Waals surface area contributed by atoms with Gasteiger partial charge in [-0.15, -0.1) is 0 Å². The van der Waals surface area contributed by atoms with Gasteiger partial charge in [0.15, 0.2) is 0 Å². The maximum Gasteiger partial charge on any atom is 0.263 e. The Morgan fingerprint density at radius 1 is 0.971 bits per heavy atom. The number of nitrogens with one attached hydrogen (secondary N) is 1. The van der Waals surface area contributed by atoms with E-state index in [0.717, 1.165) is 21.7 Å². The molecule has 0 spiro atoms. The minimum atomic E-state index is -3.73. The van der Waals surface area contributed by atoms with Gasteiger partial charge in [0.25, 0.3) is 5.91 Å². The van der Waals surface area contributed by atoms with Gasteiger partial charge < -0.3 is 9.47 Å². The Labute approximate surface area is 206 Å². The van der Waals surface area contributed by atoms with Gasteiger partial charge in [0.1, 0.15) is 24.1 Å². The van der Waals surface area contributed by atoms with E-state index in [2.05, 4.69) is 10.5 Å². The second kappa shape index (κ2) is 12.0. The number of hydrazone groups is 1. The van der Waals surface area contributed by atoms with Crippen LogP contribution in [0, 0.1) is 0 Å². The second-order valence-corrected chi connectivity index (χ2v) is 9.60. The lowest BCUT2D eigenvalue weighted by molar-refractivity contribution is -0.121. The first-order valence-corrected chi connectivity index (χ1v) is 12.9. The van der Waals surface area contributed by atoms with E-state index >= 15 is 0 Å². The number of hydrogen-bond donors (Lipinski definition) is 1. The number of anilines is 1. The number of hydrogen-bond acceptors (Lipinski definition) is 6. The molecule has 35 heavy (non-hydrogen) atoms. The predicted octanol–water partition coefficient (Wildman–Crippen LogP) is 3.97. The average Bonchev–Trinajstić information content (AvgIpc) is 2.84. The zero-order chi connectivity index (χ0) is 25.3. The van der Waals surface area contributed by atoms with Crippen LogP contribution in [0.2, 0.25) is 0 Å². The third-order valence-electron chi connectivity index (χ3n) is 5.01. The van der Waals surface area contributed by atoms with Crippen molar-refractivity contribution >= 4 is 27.8 Å². The molecule has 0 aliphatic heterocycles. The summed E-state index contributed by atoms with van der Waals surface area (Å²) in [5.41, 5.74) is 4.59. The van der Waals surface area contributed by atoms with E-state index in [0.29, 0.717) is 30.4 Å². The Morgan fingerprint density at radius 2 is 1.57 bits per heavy atom. The van der Waals surface area contributed by atoms with Crippen LogP contribution in [-0.2, 0) is 21.4 Å². The predicted molar refractivity (Wildman–Crippen MR) is 137 cm³/mol. The summed E-state index contributed by atoms with van der Waals surface area (Å²) >= 11 is 0. The number of ether oxygens (including phenoxy) is 2. The molecule has 0 heterocycles. The van der Waals surface area contributed by atoms with Gasteiger partial charge in [0, 0.05) is 0 Å². The molecule has 0 saturated heterocycles. The quantitative estimate of drug-likeness (QED) is 0.321. The number of rotatable bonds is 11. The van der Waals surface area contributed by atoms with Crippen LogP contribution in [0.4, 0.5) is 5.69 Å². The molecule has 0 aromatic heterocycles. The maximum absolute atomic E-state index is 12.7. The van der Waals surface area contributed by atoms with Gasteiger partial charge in [-0.3, -0.25) is 9.10 Å². The first-order valence-electron chi connectivity index (χ1n) is 11.1. The highest BCUT2D eigenvalue weighted by Crippen LogP contribution is 2.24. The fourth-order valence-corrected chi connectivity index (χ4v) is 4.49. The SMILES string of the molecule is CCOc1ccc(N([C@H](C)C(=O)N/N=C\c2ccc(OCc3ccccc3)cc2)S(C)(=O)=O)cc1. The van der Waals surface area contributed by atoms with Gasteiger partial charge in [-0.2, -0.15) is 5.10 Å². The number of carbonyl (C=O) groups excluding carboxylic acids is 1. The first kappa shape index (κ1) is 25.8. The highest BCUT2D eigenvalue weighted by Gasteiger charge is 2.29. The molecule has 0 fully saturated rings. The van der Waals surface area contributed by atoms with Crippen LogP contribution in [0.25, 0.3) is 0 Å². The summed E-state index contributed by atoms with van der Waals surface area (Å²) in [6, 6.07) is 22.6. The van der Waals surface area contributed by atoms with Crippen molar-refractivity contribution in [2.75, 3.05) is 17.2 Å². The zero-order valence-corrected chi connectivity index (χ0v) is 20.7. The van der Waals surface area contributed by atoms with Crippen LogP contribution in [0.3, 0.4) is 0 Å². The fourth-order valence-electron chi connectivity index (χ4n) is 3.32. The van der Waals surface area contributed by atoms with E-state index < -0.39 is 22.0 Å². The molecule has 0 aliphatic rings. The van der Waals surface area contributed by atoms with Crippen molar-refractivity contribution in [2.45, 2.75) is 26.5 Å².